The van der Waals surface area contributed by atoms with Crippen LogP contribution in [0.5, 0.6) is 0 Å². The average molecular weight is 260 g/mol. The normalized spacial score (nSPS) is 14.1. The molecular formula is C10H12O6S. The smallest absolute Gasteiger partial charge is 0.338 e. The Hall–Kier alpha value is -1.44. The highest BCUT2D eigenvalue weighted by Crippen LogP contribution is 2.25. The van der Waals surface area contributed by atoms with Crippen molar-refractivity contribution in [2.75, 3.05) is 6.61 Å². The Kier molecular flexibility index (Phi) is 4.62. The molecule has 1 aromatic rings. The van der Waals surface area contributed by atoms with Crippen molar-refractivity contribution in [3.05, 3.63) is 21.9 Å². The van der Waals surface area contributed by atoms with E-state index in [4.69, 9.17) is 5.11 Å². The van der Waals surface area contributed by atoms with Gasteiger partial charge in [0.1, 0.15) is 6.10 Å². The van der Waals surface area contributed by atoms with Gasteiger partial charge in [-0.05, 0) is 13.0 Å². The van der Waals surface area contributed by atoms with Gasteiger partial charge in [0, 0.05) is 10.3 Å². The number of rotatable bonds is 5. The summed E-state index contributed by atoms with van der Waals surface area (Å²) in [7, 11) is 0. The van der Waals surface area contributed by atoms with E-state index >= 15 is 0 Å². The summed E-state index contributed by atoms with van der Waals surface area (Å²) in [5, 5.41) is 29.1. The van der Waals surface area contributed by atoms with Crippen LogP contribution in [0.1, 0.15) is 28.3 Å². The number of aliphatic hydroxyl groups excluding tert-OH is 2. The third-order valence-corrected chi connectivity index (χ3v) is 2.99. The molecule has 0 aliphatic carbocycles. The van der Waals surface area contributed by atoms with Crippen molar-refractivity contribution < 1.29 is 29.6 Å². The number of carboxylic acids is 1. The lowest BCUT2D eigenvalue weighted by Crippen LogP contribution is -2.29. The van der Waals surface area contributed by atoms with Crippen LogP contribution in [0, 0.1) is 0 Å². The summed E-state index contributed by atoms with van der Waals surface area (Å²) in [6, 6.07) is 1.21. The molecule has 0 aromatic carbocycles. The number of carbonyl (C=O) groups excluding carboxylic acids is 1. The Morgan fingerprint density at radius 3 is 2.59 bits per heavy atom. The van der Waals surface area contributed by atoms with E-state index in [1.165, 1.54) is 11.4 Å². The first-order chi connectivity index (χ1) is 7.97. The van der Waals surface area contributed by atoms with Crippen LogP contribution in [0.15, 0.2) is 11.4 Å². The van der Waals surface area contributed by atoms with E-state index in [9.17, 15) is 19.8 Å². The number of thiophene rings is 1. The highest BCUT2D eigenvalue weighted by molar-refractivity contribution is 7.10. The number of aromatic carboxylic acids is 1. The molecule has 1 heterocycles. The number of carbonyl (C=O) groups is 2. The number of aliphatic hydroxyl groups is 2. The van der Waals surface area contributed by atoms with Gasteiger partial charge in [-0.25, -0.2) is 9.59 Å². The molecule has 0 saturated carbocycles. The summed E-state index contributed by atoms with van der Waals surface area (Å²) < 4.78 is 4.54. The molecule has 94 valence electrons. The lowest BCUT2D eigenvalue weighted by Gasteiger charge is -2.14. The fourth-order valence-corrected chi connectivity index (χ4v) is 2.03. The molecule has 7 heteroatoms. The zero-order valence-corrected chi connectivity index (χ0v) is 9.81. The molecule has 2 unspecified atom stereocenters. The van der Waals surface area contributed by atoms with E-state index < -0.39 is 24.1 Å². The molecule has 17 heavy (non-hydrogen) atoms. The number of esters is 1. The second-order valence-electron chi connectivity index (χ2n) is 3.18. The zero-order chi connectivity index (χ0) is 13.0. The fourth-order valence-electron chi connectivity index (χ4n) is 1.13. The molecule has 0 saturated heterocycles. The van der Waals surface area contributed by atoms with Crippen LogP contribution < -0.4 is 0 Å². The van der Waals surface area contributed by atoms with E-state index in [0.717, 1.165) is 11.3 Å². The Bertz CT molecular complexity index is 413. The molecule has 0 bridgehead atoms. The molecular weight excluding hydrogens is 248 g/mol. The number of ether oxygens (including phenoxy) is 1. The Morgan fingerprint density at radius 2 is 2.12 bits per heavy atom. The van der Waals surface area contributed by atoms with Gasteiger partial charge in [0.15, 0.2) is 6.10 Å². The fraction of sp³-hybridized carbons (Fsp3) is 0.400. The van der Waals surface area contributed by atoms with Crippen molar-refractivity contribution in [2.24, 2.45) is 0 Å². The van der Waals surface area contributed by atoms with Gasteiger partial charge in [-0.3, -0.25) is 0 Å². The van der Waals surface area contributed by atoms with Gasteiger partial charge in [0.05, 0.1) is 12.2 Å². The molecule has 0 fully saturated rings. The van der Waals surface area contributed by atoms with Gasteiger partial charge in [-0.1, -0.05) is 0 Å². The first kappa shape index (κ1) is 13.6. The summed E-state index contributed by atoms with van der Waals surface area (Å²) in [5.74, 6) is -2.07. The van der Waals surface area contributed by atoms with Gasteiger partial charge in [-0.2, -0.15) is 0 Å². The molecule has 0 radical (unpaired) electrons. The average Bonchev–Trinajstić information content (AvgIpc) is 2.76. The third kappa shape index (κ3) is 3.26. The summed E-state index contributed by atoms with van der Waals surface area (Å²) in [6.07, 6.45) is -3.19. The monoisotopic (exact) mass is 260 g/mol. The van der Waals surface area contributed by atoms with Crippen molar-refractivity contribution >= 4 is 23.3 Å². The first-order valence-electron chi connectivity index (χ1n) is 4.81. The van der Waals surface area contributed by atoms with Gasteiger partial charge >= 0.3 is 11.9 Å². The van der Waals surface area contributed by atoms with Crippen LogP contribution in [0.2, 0.25) is 0 Å². The van der Waals surface area contributed by atoms with E-state index in [0.29, 0.717) is 0 Å². The molecule has 0 amide bonds. The quantitative estimate of drug-likeness (QED) is 0.662. The molecule has 0 spiro atoms. The Morgan fingerprint density at radius 1 is 1.47 bits per heavy atom. The first-order valence-corrected chi connectivity index (χ1v) is 5.69. The maximum absolute atomic E-state index is 11.2. The molecule has 3 N–H and O–H groups in total. The lowest BCUT2D eigenvalue weighted by atomic mass is 10.1. The van der Waals surface area contributed by atoms with Crippen LogP contribution in [0.3, 0.4) is 0 Å². The van der Waals surface area contributed by atoms with E-state index in [1.54, 1.807) is 6.92 Å². The Labute approximate surface area is 101 Å². The molecule has 0 aliphatic rings. The van der Waals surface area contributed by atoms with Gasteiger partial charge in [0.25, 0.3) is 0 Å². The topological polar surface area (TPSA) is 104 Å². The lowest BCUT2D eigenvalue weighted by molar-refractivity contribution is -0.159. The molecule has 6 nitrogen and oxygen atoms in total. The van der Waals surface area contributed by atoms with Crippen LogP contribution in [-0.2, 0) is 9.53 Å². The van der Waals surface area contributed by atoms with Crippen molar-refractivity contribution in [3.63, 3.8) is 0 Å². The van der Waals surface area contributed by atoms with Gasteiger partial charge in [0.2, 0.25) is 0 Å². The predicted molar refractivity (Wildman–Crippen MR) is 58.9 cm³/mol. The molecule has 1 aromatic heterocycles. The van der Waals surface area contributed by atoms with E-state index in [2.05, 4.69) is 4.74 Å². The minimum Gasteiger partial charge on any atom is -0.478 e. The van der Waals surface area contributed by atoms with Crippen LogP contribution in [-0.4, -0.2) is 40.0 Å². The van der Waals surface area contributed by atoms with Crippen LogP contribution in [0.4, 0.5) is 0 Å². The minimum absolute atomic E-state index is 0.000101. The van der Waals surface area contributed by atoms with Gasteiger partial charge in [-0.15, -0.1) is 11.3 Å². The molecule has 2 atom stereocenters. The summed E-state index contributed by atoms with van der Waals surface area (Å²) in [5.41, 5.74) is 0.000101. The predicted octanol–water partition coefficient (Wildman–Crippen LogP) is 0.404. The maximum Gasteiger partial charge on any atom is 0.338 e. The van der Waals surface area contributed by atoms with Crippen molar-refractivity contribution in [1.82, 2.24) is 0 Å². The maximum atomic E-state index is 11.2. The number of hydrogen-bond acceptors (Lipinski definition) is 6. The van der Waals surface area contributed by atoms with E-state index in [-0.39, 0.29) is 17.0 Å². The van der Waals surface area contributed by atoms with Crippen molar-refractivity contribution in [3.8, 4) is 0 Å². The van der Waals surface area contributed by atoms with Crippen molar-refractivity contribution in [1.29, 1.82) is 0 Å². The molecule has 0 aliphatic heterocycles. The summed E-state index contributed by atoms with van der Waals surface area (Å²) in [4.78, 5) is 22.0. The van der Waals surface area contributed by atoms with Gasteiger partial charge < -0.3 is 20.1 Å². The second-order valence-corrected chi connectivity index (χ2v) is 4.13. The number of carboxylic acid groups (broad SMARTS) is 1. The minimum atomic E-state index is -1.71. The summed E-state index contributed by atoms with van der Waals surface area (Å²) >= 11 is 0.951. The zero-order valence-electron chi connectivity index (χ0n) is 8.99. The molecule has 1 rings (SSSR count). The standard InChI is InChI=1S/C10H12O6S/c1-2-16-10(15)8(12)7(11)6-3-5(4-17-6)9(13)14/h3-4,7-8,11-12H,2H2,1H3,(H,13,14). The third-order valence-electron chi connectivity index (χ3n) is 1.99. The highest BCUT2D eigenvalue weighted by Gasteiger charge is 2.28. The second kappa shape index (κ2) is 5.76. The Balaban J connectivity index is 2.77. The SMILES string of the molecule is CCOC(=O)C(O)C(O)c1cc(C(=O)O)cs1. The highest BCUT2D eigenvalue weighted by atomic mass is 32.1. The van der Waals surface area contributed by atoms with Crippen LogP contribution >= 0.6 is 11.3 Å². The van der Waals surface area contributed by atoms with E-state index in [1.807, 2.05) is 0 Å². The van der Waals surface area contributed by atoms with Crippen molar-refractivity contribution in [2.45, 2.75) is 19.1 Å². The largest absolute Gasteiger partial charge is 0.478 e. The summed E-state index contributed by atoms with van der Waals surface area (Å²) in [6.45, 7) is 1.66. The number of hydrogen-bond donors (Lipinski definition) is 3. The van der Waals surface area contributed by atoms with Crippen LogP contribution in [0.25, 0.3) is 0 Å².